The molecule has 12 nitrogen and oxygen atoms in total. The molecule has 2 saturated heterocycles. The van der Waals surface area contributed by atoms with Gasteiger partial charge in [0, 0.05) is 68.3 Å². The lowest BCUT2D eigenvalue weighted by atomic mass is 9.88. The van der Waals surface area contributed by atoms with Gasteiger partial charge in [0.1, 0.15) is 5.56 Å². The first kappa shape index (κ1) is 30.7. The van der Waals surface area contributed by atoms with Gasteiger partial charge in [0.15, 0.2) is 0 Å². The summed E-state index contributed by atoms with van der Waals surface area (Å²) in [4.78, 5) is 57.0. The fourth-order valence-electron chi connectivity index (χ4n) is 7.12. The van der Waals surface area contributed by atoms with E-state index >= 15 is 0 Å². The van der Waals surface area contributed by atoms with E-state index in [1.807, 2.05) is 37.3 Å². The van der Waals surface area contributed by atoms with Crippen molar-refractivity contribution in [2.24, 2.45) is 14.1 Å². The number of anilines is 1. The Labute approximate surface area is 275 Å². The SMILES string of the molecule is COc1nc(-c2cccc(-c3cccc(NC(=O)c4cn(C)c(=O)n(C)c4=O)c3C)c2Cl)cc2c1[C@@H](N1CC3(CNC(=O)N3)C1)CC2. The normalized spacial score (nSPS) is 18.0. The third-order valence-electron chi connectivity index (χ3n) is 9.58. The Bertz CT molecular complexity index is 2100. The number of aromatic nitrogens is 3. The highest BCUT2D eigenvalue weighted by Crippen LogP contribution is 2.47. The quantitative estimate of drug-likeness (QED) is 0.289. The number of pyridine rings is 1. The molecule has 3 N–H and O–H groups in total. The molecule has 2 fully saturated rings. The van der Waals surface area contributed by atoms with Crippen molar-refractivity contribution in [2.45, 2.75) is 31.3 Å². The number of methoxy groups -OCH3 is 1. The molecular formula is C34H34ClN7O5. The predicted molar refractivity (Wildman–Crippen MR) is 178 cm³/mol. The molecule has 47 heavy (non-hydrogen) atoms. The largest absolute Gasteiger partial charge is 0.481 e. The molecule has 0 bridgehead atoms. The van der Waals surface area contributed by atoms with Crippen molar-refractivity contribution in [2.75, 3.05) is 32.1 Å². The van der Waals surface area contributed by atoms with Crippen molar-refractivity contribution in [3.63, 3.8) is 0 Å². The highest BCUT2D eigenvalue weighted by Gasteiger charge is 2.51. The number of nitrogens with one attached hydrogen (secondary N) is 3. The monoisotopic (exact) mass is 655 g/mol. The topological polar surface area (TPSA) is 140 Å². The molecule has 0 saturated carbocycles. The fourth-order valence-corrected chi connectivity index (χ4v) is 7.44. The smallest absolute Gasteiger partial charge is 0.330 e. The third-order valence-corrected chi connectivity index (χ3v) is 9.99. The molecule has 4 heterocycles. The molecule has 1 aliphatic carbocycles. The molecule has 0 unspecified atom stereocenters. The number of urea groups is 1. The number of nitrogens with zero attached hydrogens (tertiary/aromatic N) is 4. The Kier molecular flexibility index (Phi) is 7.44. The number of amides is 3. The molecule has 13 heteroatoms. The number of aryl methyl sites for hydroxylation is 2. The number of ether oxygens (including phenoxy) is 1. The van der Waals surface area contributed by atoms with E-state index in [1.165, 1.54) is 30.4 Å². The lowest BCUT2D eigenvalue weighted by molar-refractivity contribution is 0.0248. The van der Waals surface area contributed by atoms with Gasteiger partial charge >= 0.3 is 11.7 Å². The first-order valence-corrected chi connectivity index (χ1v) is 15.7. The molecular weight excluding hydrogens is 622 g/mol. The van der Waals surface area contributed by atoms with E-state index in [9.17, 15) is 19.2 Å². The van der Waals surface area contributed by atoms with Crippen molar-refractivity contribution in [1.29, 1.82) is 0 Å². The molecule has 7 rings (SSSR count). The molecule has 2 aliphatic heterocycles. The van der Waals surface area contributed by atoms with Gasteiger partial charge in [-0.3, -0.25) is 19.1 Å². The molecule has 3 aliphatic rings. The zero-order chi connectivity index (χ0) is 33.2. The Hall–Kier alpha value is -4.94. The van der Waals surface area contributed by atoms with Crippen molar-refractivity contribution in [3.05, 3.63) is 96.8 Å². The molecule has 242 valence electrons. The van der Waals surface area contributed by atoms with Crippen molar-refractivity contribution < 1.29 is 14.3 Å². The van der Waals surface area contributed by atoms with Crippen LogP contribution in [0.5, 0.6) is 5.88 Å². The summed E-state index contributed by atoms with van der Waals surface area (Å²) in [5, 5.41) is 9.27. The van der Waals surface area contributed by atoms with Crippen LogP contribution in [0.25, 0.3) is 22.4 Å². The van der Waals surface area contributed by atoms with E-state index in [4.69, 9.17) is 21.3 Å². The number of carbonyl (C=O) groups excluding carboxylic acids is 2. The van der Waals surface area contributed by atoms with Crippen molar-refractivity contribution in [3.8, 4) is 28.3 Å². The Balaban J connectivity index is 1.18. The van der Waals surface area contributed by atoms with Crippen molar-refractivity contribution >= 4 is 29.2 Å². The molecule has 4 aromatic rings. The van der Waals surface area contributed by atoms with Crippen LogP contribution < -0.4 is 31.9 Å². The maximum absolute atomic E-state index is 13.2. The van der Waals surface area contributed by atoms with Crippen LogP contribution in [0.2, 0.25) is 5.02 Å². The summed E-state index contributed by atoms with van der Waals surface area (Å²) in [6, 6.07) is 13.4. The van der Waals surface area contributed by atoms with E-state index in [-0.39, 0.29) is 23.2 Å². The zero-order valence-corrected chi connectivity index (χ0v) is 27.2. The first-order chi connectivity index (χ1) is 22.5. The molecule has 0 radical (unpaired) electrons. The average Bonchev–Trinajstić information content (AvgIpc) is 3.65. The van der Waals surface area contributed by atoms with E-state index in [2.05, 4.69) is 26.9 Å². The van der Waals surface area contributed by atoms with Crippen molar-refractivity contribution in [1.82, 2.24) is 29.7 Å². The van der Waals surface area contributed by atoms with Gasteiger partial charge in [-0.05, 0) is 48.6 Å². The fraction of sp³-hybridized carbons (Fsp3) is 0.324. The van der Waals surface area contributed by atoms with Crippen LogP contribution in [0.1, 0.15) is 39.5 Å². The summed E-state index contributed by atoms with van der Waals surface area (Å²) in [5.74, 6) is -0.0476. The lowest BCUT2D eigenvalue weighted by Gasteiger charge is -2.50. The number of benzene rings is 2. The van der Waals surface area contributed by atoms with Gasteiger partial charge in [0.05, 0.1) is 23.4 Å². The summed E-state index contributed by atoms with van der Waals surface area (Å²) in [5.41, 5.74) is 4.99. The van der Waals surface area contributed by atoms with E-state index < -0.39 is 17.2 Å². The maximum atomic E-state index is 13.2. The van der Waals surface area contributed by atoms with Crippen LogP contribution in [0.15, 0.2) is 58.3 Å². The number of carbonyl (C=O) groups is 2. The molecule has 1 atom stereocenters. The van der Waals surface area contributed by atoms with Crippen LogP contribution in [0.3, 0.4) is 0 Å². The second-order valence-corrected chi connectivity index (χ2v) is 12.9. The van der Waals surface area contributed by atoms with E-state index in [0.29, 0.717) is 28.8 Å². The van der Waals surface area contributed by atoms with Gasteiger partial charge in [-0.15, -0.1) is 0 Å². The summed E-state index contributed by atoms with van der Waals surface area (Å²) < 4.78 is 7.95. The Morgan fingerprint density at radius 3 is 2.53 bits per heavy atom. The molecule has 1 spiro atoms. The average molecular weight is 656 g/mol. The Morgan fingerprint density at radius 2 is 1.81 bits per heavy atom. The van der Waals surface area contributed by atoms with Crippen LogP contribution >= 0.6 is 11.6 Å². The van der Waals surface area contributed by atoms with Crippen LogP contribution in [0, 0.1) is 6.92 Å². The number of fused-ring (bicyclic) bond motifs is 1. The van der Waals surface area contributed by atoms with Crippen LogP contribution in [-0.2, 0) is 20.5 Å². The van der Waals surface area contributed by atoms with Crippen LogP contribution in [-0.4, -0.2) is 63.2 Å². The predicted octanol–water partition coefficient (Wildman–Crippen LogP) is 3.39. The summed E-state index contributed by atoms with van der Waals surface area (Å²) in [7, 11) is 4.45. The molecule has 2 aromatic carbocycles. The highest BCUT2D eigenvalue weighted by atomic mass is 35.5. The van der Waals surface area contributed by atoms with Gasteiger partial charge in [-0.25, -0.2) is 14.6 Å². The minimum Gasteiger partial charge on any atom is -0.481 e. The summed E-state index contributed by atoms with van der Waals surface area (Å²) in [6.45, 7) is 4.05. The standard InChI is InChI=1S/C34H34ClN7O5/c1-18-20(7-6-10-24(18)37-29(43)23-14-40(2)33(46)41(3)31(23)44)21-8-5-9-22(28(21)35)25-13-19-11-12-26(27(19)30(38-25)47-4)42-16-34(17-42)15-36-32(45)39-34/h5-10,13-14,26H,11-12,15-17H2,1-4H3,(H,37,43)(H2,36,39,45)/t26-/m0/s1. The van der Waals surface area contributed by atoms with Gasteiger partial charge < -0.3 is 25.3 Å². The third kappa shape index (κ3) is 5.08. The number of hydrogen-bond acceptors (Lipinski definition) is 7. The molecule has 2 aromatic heterocycles. The lowest BCUT2D eigenvalue weighted by Crippen LogP contribution is -2.69. The number of likely N-dealkylation sites (tertiary alicyclic amines) is 1. The van der Waals surface area contributed by atoms with Gasteiger partial charge in [-0.1, -0.05) is 41.9 Å². The summed E-state index contributed by atoms with van der Waals surface area (Å²) >= 11 is 7.12. The van der Waals surface area contributed by atoms with Gasteiger partial charge in [-0.2, -0.15) is 0 Å². The number of halogens is 1. The minimum absolute atomic E-state index is 0.112. The second-order valence-electron chi connectivity index (χ2n) is 12.5. The zero-order valence-electron chi connectivity index (χ0n) is 26.4. The van der Waals surface area contributed by atoms with Gasteiger partial charge in [0.2, 0.25) is 5.88 Å². The Morgan fingerprint density at radius 1 is 1.09 bits per heavy atom. The highest BCUT2D eigenvalue weighted by molar-refractivity contribution is 6.36. The van der Waals surface area contributed by atoms with Gasteiger partial charge in [0.25, 0.3) is 11.5 Å². The molecule has 3 amide bonds. The maximum Gasteiger partial charge on any atom is 0.330 e. The number of rotatable bonds is 6. The first-order valence-electron chi connectivity index (χ1n) is 15.3. The van der Waals surface area contributed by atoms with Crippen LogP contribution in [0.4, 0.5) is 10.5 Å². The second kappa shape index (κ2) is 11.4. The minimum atomic E-state index is -0.674. The summed E-state index contributed by atoms with van der Waals surface area (Å²) in [6.07, 6.45) is 3.05. The number of hydrogen-bond donors (Lipinski definition) is 3. The van der Waals surface area contributed by atoms with E-state index in [0.717, 1.165) is 58.3 Å². The van der Waals surface area contributed by atoms with E-state index in [1.54, 1.807) is 13.2 Å².